The standard InChI is InChI=1S/C22H21NO4S/c1-15-18-13-20(24)21(27-2)14-19(18)23(22(15)16-9-5-3-6-10-16)28(25,26)17-11-7-4-8-12-17/h3-15,22,24H,1-2H3. The van der Waals surface area contributed by atoms with Crippen LogP contribution in [-0.2, 0) is 10.0 Å². The highest BCUT2D eigenvalue weighted by atomic mass is 32.2. The molecular weight excluding hydrogens is 374 g/mol. The number of hydrogen-bond donors (Lipinski definition) is 1. The summed E-state index contributed by atoms with van der Waals surface area (Å²) < 4.78 is 34.0. The van der Waals surface area contributed by atoms with Crippen molar-refractivity contribution < 1.29 is 18.3 Å². The Bertz CT molecular complexity index is 1100. The number of aromatic hydroxyl groups is 1. The molecule has 0 radical (unpaired) electrons. The molecule has 1 heterocycles. The lowest BCUT2D eigenvalue weighted by Crippen LogP contribution is -2.33. The van der Waals surface area contributed by atoms with Gasteiger partial charge < -0.3 is 9.84 Å². The summed E-state index contributed by atoms with van der Waals surface area (Å²) in [4.78, 5) is 0.225. The molecule has 0 amide bonds. The van der Waals surface area contributed by atoms with Crippen LogP contribution in [0.3, 0.4) is 0 Å². The molecule has 4 rings (SSSR count). The summed E-state index contributed by atoms with van der Waals surface area (Å²) in [6.07, 6.45) is 0. The molecule has 3 aromatic carbocycles. The number of fused-ring (bicyclic) bond motifs is 1. The molecule has 0 bridgehead atoms. The van der Waals surface area contributed by atoms with E-state index < -0.39 is 16.1 Å². The van der Waals surface area contributed by atoms with E-state index in [1.807, 2.05) is 37.3 Å². The molecule has 0 fully saturated rings. The number of hydrogen-bond acceptors (Lipinski definition) is 4. The van der Waals surface area contributed by atoms with Crippen LogP contribution in [0.25, 0.3) is 0 Å². The van der Waals surface area contributed by atoms with Gasteiger partial charge in [-0.2, -0.15) is 0 Å². The molecule has 6 heteroatoms. The van der Waals surface area contributed by atoms with Gasteiger partial charge in [-0.05, 0) is 29.3 Å². The Balaban J connectivity index is 1.97. The first-order chi connectivity index (χ1) is 13.4. The predicted molar refractivity (Wildman–Crippen MR) is 108 cm³/mol. The van der Waals surface area contributed by atoms with E-state index >= 15 is 0 Å². The van der Waals surface area contributed by atoms with Crippen LogP contribution in [-0.4, -0.2) is 20.6 Å². The van der Waals surface area contributed by atoms with Crippen molar-refractivity contribution in [2.24, 2.45) is 0 Å². The van der Waals surface area contributed by atoms with E-state index in [1.54, 1.807) is 42.5 Å². The maximum atomic E-state index is 13.6. The number of nitrogens with zero attached hydrogens (tertiary/aromatic N) is 1. The Kier molecular flexibility index (Phi) is 4.51. The highest BCUT2D eigenvalue weighted by Gasteiger charge is 2.44. The van der Waals surface area contributed by atoms with Crippen LogP contribution < -0.4 is 9.04 Å². The van der Waals surface area contributed by atoms with Gasteiger partial charge in [-0.1, -0.05) is 55.5 Å². The molecule has 1 aliphatic rings. The van der Waals surface area contributed by atoms with Crippen molar-refractivity contribution in [3.8, 4) is 11.5 Å². The van der Waals surface area contributed by atoms with Crippen LogP contribution in [0.15, 0.2) is 77.7 Å². The molecule has 2 atom stereocenters. The molecule has 0 saturated carbocycles. The minimum atomic E-state index is -3.82. The first-order valence-electron chi connectivity index (χ1n) is 9.00. The lowest BCUT2D eigenvalue weighted by atomic mass is 9.92. The zero-order valence-corrected chi connectivity index (χ0v) is 16.4. The molecule has 144 valence electrons. The van der Waals surface area contributed by atoms with Gasteiger partial charge in [0, 0.05) is 12.0 Å². The smallest absolute Gasteiger partial charge is 0.264 e. The van der Waals surface area contributed by atoms with E-state index in [2.05, 4.69) is 0 Å². The largest absolute Gasteiger partial charge is 0.504 e. The summed E-state index contributed by atoms with van der Waals surface area (Å²) in [6.45, 7) is 1.98. The number of anilines is 1. The Morgan fingerprint density at radius 3 is 2.18 bits per heavy atom. The van der Waals surface area contributed by atoms with Crippen molar-refractivity contribution in [1.82, 2.24) is 0 Å². The highest BCUT2D eigenvalue weighted by molar-refractivity contribution is 7.92. The number of phenolic OH excluding ortho intramolecular Hbond substituents is 1. The molecule has 1 N–H and O–H groups in total. The number of benzene rings is 3. The third kappa shape index (κ3) is 2.81. The minimum absolute atomic E-state index is 0.00105. The maximum Gasteiger partial charge on any atom is 0.264 e. The topological polar surface area (TPSA) is 66.8 Å². The van der Waals surface area contributed by atoms with Crippen molar-refractivity contribution >= 4 is 15.7 Å². The first kappa shape index (κ1) is 18.4. The molecule has 0 aromatic heterocycles. The summed E-state index contributed by atoms with van der Waals surface area (Å²) >= 11 is 0. The fraction of sp³-hybridized carbons (Fsp3) is 0.182. The van der Waals surface area contributed by atoms with Crippen molar-refractivity contribution in [3.05, 3.63) is 83.9 Å². The van der Waals surface area contributed by atoms with E-state index in [0.717, 1.165) is 11.1 Å². The minimum Gasteiger partial charge on any atom is -0.504 e. The van der Waals surface area contributed by atoms with Gasteiger partial charge in [0.15, 0.2) is 11.5 Å². The Hall–Kier alpha value is -2.99. The number of methoxy groups -OCH3 is 1. The predicted octanol–water partition coefficient (Wildman–Crippen LogP) is 4.45. The van der Waals surface area contributed by atoms with Crippen LogP contribution in [0.2, 0.25) is 0 Å². The normalized spacial score (nSPS) is 18.7. The summed E-state index contributed by atoms with van der Waals surface area (Å²) in [5.74, 6) is 0.0967. The molecule has 1 aliphatic heterocycles. The monoisotopic (exact) mass is 395 g/mol. The van der Waals surface area contributed by atoms with Gasteiger partial charge in [-0.15, -0.1) is 0 Å². The van der Waals surface area contributed by atoms with Crippen LogP contribution in [0.4, 0.5) is 5.69 Å². The third-order valence-corrected chi connectivity index (χ3v) is 7.03. The van der Waals surface area contributed by atoms with Gasteiger partial charge in [0.1, 0.15) is 0 Å². The van der Waals surface area contributed by atoms with E-state index in [0.29, 0.717) is 5.69 Å². The molecule has 0 saturated heterocycles. The summed E-state index contributed by atoms with van der Waals surface area (Å²) in [7, 11) is -2.38. The second kappa shape index (κ2) is 6.87. The van der Waals surface area contributed by atoms with Crippen LogP contribution in [0.1, 0.15) is 30.0 Å². The molecule has 5 nitrogen and oxygen atoms in total. The summed E-state index contributed by atoms with van der Waals surface area (Å²) in [5, 5.41) is 10.3. The third-order valence-electron chi connectivity index (χ3n) is 5.22. The lowest BCUT2D eigenvalue weighted by molar-refractivity contribution is 0.373. The molecule has 0 spiro atoms. The average Bonchev–Trinajstić information content (AvgIpc) is 3.01. The van der Waals surface area contributed by atoms with Gasteiger partial charge in [0.2, 0.25) is 0 Å². The van der Waals surface area contributed by atoms with E-state index in [4.69, 9.17) is 4.74 Å². The van der Waals surface area contributed by atoms with Crippen molar-refractivity contribution in [3.63, 3.8) is 0 Å². The average molecular weight is 395 g/mol. The van der Waals surface area contributed by atoms with Crippen molar-refractivity contribution in [2.75, 3.05) is 11.4 Å². The summed E-state index contributed by atoms with van der Waals surface area (Å²) in [6, 6.07) is 20.7. The molecule has 3 aromatic rings. The SMILES string of the molecule is COc1cc2c(cc1O)C(C)C(c1ccccc1)N2S(=O)(=O)c1ccccc1. The molecule has 2 unspecified atom stereocenters. The fourth-order valence-electron chi connectivity index (χ4n) is 3.88. The first-order valence-corrected chi connectivity index (χ1v) is 10.4. The number of rotatable bonds is 4. The molecular formula is C22H21NO4S. The van der Waals surface area contributed by atoms with E-state index in [9.17, 15) is 13.5 Å². The number of phenols is 1. The van der Waals surface area contributed by atoms with Crippen molar-refractivity contribution in [2.45, 2.75) is 23.8 Å². The Morgan fingerprint density at radius 1 is 0.964 bits per heavy atom. The number of ether oxygens (including phenoxy) is 1. The second-order valence-electron chi connectivity index (χ2n) is 6.84. The molecule has 28 heavy (non-hydrogen) atoms. The van der Waals surface area contributed by atoms with Gasteiger partial charge in [-0.3, -0.25) is 4.31 Å². The van der Waals surface area contributed by atoms with Crippen LogP contribution >= 0.6 is 0 Å². The highest BCUT2D eigenvalue weighted by Crippen LogP contribution is 2.53. The fourth-order valence-corrected chi connectivity index (χ4v) is 5.62. The quantitative estimate of drug-likeness (QED) is 0.709. The van der Waals surface area contributed by atoms with Crippen LogP contribution in [0.5, 0.6) is 11.5 Å². The van der Waals surface area contributed by atoms with Crippen molar-refractivity contribution in [1.29, 1.82) is 0 Å². The van der Waals surface area contributed by atoms with Crippen LogP contribution in [0, 0.1) is 0 Å². The second-order valence-corrected chi connectivity index (χ2v) is 8.66. The van der Waals surface area contributed by atoms with E-state index in [-0.39, 0.29) is 22.3 Å². The van der Waals surface area contributed by atoms with Gasteiger partial charge >= 0.3 is 0 Å². The Labute approximate surface area is 164 Å². The van der Waals surface area contributed by atoms with Gasteiger partial charge in [0.25, 0.3) is 10.0 Å². The maximum absolute atomic E-state index is 13.6. The molecule has 0 aliphatic carbocycles. The zero-order chi connectivity index (χ0) is 19.9. The lowest BCUT2D eigenvalue weighted by Gasteiger charge is -2.29. The number of sulfonamides is 1. The summed E-state index contributed by atoms with van der Waals surface area (Å²) in [5.41, 5.74) is 2.19. The van der Waals surface area contributed by atoms with E-state index in [1.165, 1.54) is 11.4 Å². The Morgan fingerprint density at radius 2 is 1.57 bits per heavy atom. The van der Waals surface area contributed by atoms with Gasteiger partial charge in [-0.25, -0.2) is 8.42 Å². The zero-order valence-electron chi connectivity index (χ0n) is 15.6. The van der Waals surface area contributed by atoms with Gasteiger partial charge in [0.05, 0.1) is 23.7 Å².